The van der Waals surface area contributed by atoms with Gasteiger partial charge in [0.15, 0.2) is 0 Å². The summed E-state index contributed by atoms with van der Waals surface area (Å²) in [5, 5.41) is 2.52. The van der Waals surface area contributed by atoms with Crippen molar-refractivity contribution in [3.63, 3.8) is 0 Å². The maximum atomic E-state index is 14.3. The lowest BCUT2D eigenvalue weighted by atomic mass is 10.0. The van der Waals surface area contributed by atoms with Gasteiger partial charge in [0.05, 0.1) is 5.69 Å². The predicted octanol–water partition coefficient (Wildman–Crippen LogP) is 2.50. The van der Waals surface area contributed by atoms with Gasteiger partial charge in [-0.05, 0) is 49.9 Å². The SMILES string of the molecule is CNC(=O)c1ccc(N2CCC(N3CCC(C)C3)CC2)c(F)c1. The van der Waals surface area contributed by atoms with Crippen molar-refractivity contribution in [1.29, 1.82) is 0 Å². The Kier molecular flexibility index (Phi) is 4.85. The fourth-order valence-corrected chi connectivity index (χ4v) is 3.82. The zero-order chi connectivity index (χ0) is 16.4. The summed E-state index contributed by atoms with van der Waals surface area (Å²) in [4.78, 5) is 16.3. The number of carbonyl (C=O) groups is 1. The van der Waals surface area contributed by atoms with Crippen molar-refractivity contribution < 1.29 is 9.18 Å². The summed E-state index contributed by atoms with van der Waals surface area (Å²) in [6, 6.07) is 5.41. The van der Waals surface area contributed by atoms with Crippen molar-refractivity contribution in [3.8, 4) is 0 Å². The van der Waals surface area contributed by atoms with E-state index in [0.29, 0.717) is 17.3 Å². The number of carbonyl (C=O) groups excluding carboxylic acids is 1. The molecule has 2 aliphatic heterocycles. The predicted molar refractivity (Wildman–Crippen MR) is 90.4 cm³/mol. The van der Waals surface area contributed by atoms with Gasteiger partial charge < -0.3 is 10.2 Å². The number of halogens is 1. The molecule has 2 aliphatic rings. The van der Waals surface area contributed by atoms with Crippen LogP contribution in [-0.2, 0) is 0 Å². The van der Waals surface area contributed by atoms with Gasteiger partial charge in [0.25, 0.3) is 5.91 Å². The van der Waals surface area contributed by atoms with Crippen LogP contribution in [0.2, 0.25) is 0 Å². The van der Waals surface area contributed by atoms with Crippen LogP contribution in [0.15, 0.2) is 18.2 Å². The van der Waals surface area contributed by atoms with Crippen molar-refractivity contribution in [2.24, 2.45) is 5.92 Å². The molecule has 4 nitrogen and oxygen atoms in total. The molecule has 0 saturated carbocycles. The number of benzene rings is 1. The average molecular weight is 319 g/mol. The Bertz CT molecular complexity index is 569. The zero-order valence-corrected chi connectivity index (χ0v) is 14.0. The number of rotatable bonds is 3. The Hall–Kier alpha value is -1.62. The van der Waals surface area contributed by atoms with Crippen LogP contribution in [0.25, 0.3) is 0 Å². The van der Waals surface area contributed by atoms with E-state index in [1.807, 2.05) is 0 Å². The molecule has 3 rings (SSSR count). The van der Waals surface area contributed by atoms with Crippen LogP contribution in [0.1, 0.15) is 36.5 Å². The minimum absolute atomic E-state index is 0.252. The Morgan fingerprint density at radius 2 is 1.96 bits per heavy atom. The standard InChI is InChI=1S/C18H26FN3O/c1-13-5-8-22(12-13)15-6-9-21(10-7-15)17-4-3-14(11-16(17)19)18(23)20-2/h3-4,11,13,15H,5-10,12H2,1-2H3,(H,20,23). The van der Waals surface area contributed by atoms with E-state index in [9.17, 15) is 9.18 Å². The minimum Gasteiger partial charge on any atom is -0.369 e. The molecule has 0 radical (unpaired) electrons. The zero-order valence-electron chi connectivity index (χ0n) is 14.0. The molecular formula is C18H26FN3O. The molecule has 1 unspecified atom stereocenters. The smallest absolute Gasteiger partial charge is 0.251 e. The molecule has 2 heterocycles. The number of nitrogens with one attached hydrogen (secondary N) is 1. The molecule has 1 N–H and O–H groups in total. The van der Waals surface area contributed by atoms with Crippen molar-refractivity contribution in [1.82, 2.24) is 10.2 Å². The van der Waals surface area contributed by atoms with Crippen LogP contribution in [0.3, 0.4) is 0 Å². The third-order valence-electron chi connectivity index (χ3n) is 5.21. The monoisotopic (exact) mass is 319 g/mol. The third-order valence-corrected chi connectivity index (χ3v) is 5.21. The highest BCUT2D eigenvalue weighted by molar-refractivity contribution is 5.94. The molecule has 23 heavy (non-hydrogen) atoms. The molecule has 126 valence electrons. The molecule has 2 fully saturated rings. The fourth-order valence-electron chi connectivity index (χ4n) is 3.82. The first kappa shape index (κ1) is 16.2. The fraction of sp³-hybridized carbons (Fsp3) is 0.611. The summed E-state index contributed by atoms with van der Waals surface area (Å²) >= 11 is 0. The van der Waals surface area contributed by atoms with Gasteiger partial charge in [0, 0.05) is 38.3 Å². The molecule has 1 aromatic carbocycles. The summed E-state index contributed by atoms with van der Waals surface area (Å²) < 4.78 is 14.3. The first-order valence-corrected chi connectivity index (χ1v) is 8.59. The van der Waals surface area contributed by atoms with E-state index in [-0.39, 0.29) is 11.7 Å². The third kappa shape index (κ3) is 3.50. The molecule has 0 spiro atoms. The second-order valence-corrected chi connectivity index (χ2v) is 6.85. The molecular weight excluding hydrogens is 293 g/mol. The Morgan fingerprint density at radius 1 is 1.22 bits per heavy atom. The average Bonchev–Trinajstić information content (AvgIpc) is 3.00. The Labute approximate surface area is 137 Å². The molecule has 0 aromatic heterocycles. The van der Waals surface area contributed by atoms with Crippen LogP contribution in [-0.4, -0.2) is 50.1 Å². The normalized spacial score (nSPS) is 23.3. The van der Waals surface area contributed by atoms with Gasteiger partial charge in [-0.2, -0.15) is 0 Å². The first-order valence-electron chi connectivity index (χ1n) is 8.59. The summed E-state index contributed by atoms with van der Waals surface area (Å²) in [6.07, 6.45) is 3.47. The highest BCUT2D eigenvalue weighted by Gasteiger charge is 2.29. The number of piperidine rings is 1. The van der Waals surface area contributed by atoms with E-state index in [0.717, 1.165) is 31.8 Å². The molecule has 1 amide bonds. The molecule has 2 saturated heterocycles. The summed E-state index contributed by atoms with van der Waals surface area (Å²) in [6.45, 7) is 6.50. The van der Waals surface area contributed by atoms with Crippen molar-refractivity contribution in [2.75, 3.05) is 38.1 Å². The minimum atomic E-state index is -0.306. The second kappa shape index (κ2) is 6.87. The van der Waals surface area contributed by atoms with Gasteiger partial charge in [0.2, 0.25) is 0 Å². The maximum Gasteiger partial charge on any atom is 0.251 e. The van der Waals surface area contributed by atoms with Gasteiger partial charge in [-0.25, -0.2) is 4.39 Å². The van der Waals surface area contributed by atoms with Crippen LogP contribution in [0.5, 0.6) is 0 Å². The Balaban J connectivity index is 1.62. The molecule has 1 atom stereocenters. The number of hydrogen-bond donors (Lipinski definition) is 1. The second-order valence-electron chi connectivity index (χ2n) is 6.85. The van der Waals surface area contributed by atoms with E-state index < -0.39 is 0 Å². The van der Waals surface area contributed by atoms with Gasteiger partial charge in [0.1, 0.15) is 5.82 Å². The van der Waals surface area contributed by atoms with E-state index in [2.05, 4.69) is 22.0 Å². The number of amides is 1. The van der Waals surface area contributed by atoms with Crippen molar-refractivity contribution in [2.45, 2.75) is 32.2 Å². The van der Waals surface area contributed by atoms with E-state index in [1.165, 1.54) is 25.6 Å². The molecule has 0 aliphatic carbocycles. The summed E-state index contributed by atoms with van der Waals surface area (Å²) in [7, 11) is 1.55. The molecule has 5 heteroatoms. The lowest BCUT2D eigenvalue weighted by molar-refractivity contribution is 0.0962. The quantitative estimate of drug-likeness (QED) is 0.930. The molecule has 0 bridgehead atoms. The lowest BCUT2D eigenvalue weighted by Gasteiger charge is -2.38. The van der Waals surface area contributed by atoms with Gasteiger partial charge in [-0.1, -0.05) is 6.92 Å². The van der Waals surface area contributed by atoms with Crippen molar-refractivity contribution >= 4 is 11.6 Å². The summed E-state index contributed by atoms with van der Waals surface area (Å²) in [5.41, 5.74) is 0.987. The summed E-state index contributed by atoms with van der Waals surface area (Å²) in [5.74, 6) is 0.249. The number of likely N-dealkylation sites (tertiary alicyclic amines) is 1. The van der Waals surface area contributed by atoms with Gasteiger partial charge >= 0.3 is 0 Å². The van der Waals surface area contributed by atoms with E-state index in [4.69, 9.17) is 0 Å². The van der Waals surface area contributed by atoms with E-state index >= 15 is 0 Å². The highest BCUT2D eigenvalue weighted by atomic mass is 19.1. The number of anilines is 1. The van der Waals surface area contributed by atoms with Crippen LogP contribution < -0.4 is 10.2 Å². The highest BCUT2D eigenvalue weighted by Crippen LogP contribution is 2.28. The van der Waals surface area contributed by atoms with Crippen LogP contribution in [0, 0.1) is 11.7 Å². The lowest BCUT2D eigenvalue weighted by Crippen LogP contribution is -2.44. The Morgan fingerprint density at radius 3 is 2.52 bits per heavy atom. The van der Waals surface area contributed by atoms with Crippen LogP contribution in [0.4, 0.5) is 10.1 Å². The van der Waals surface area contributed by atoms with Gasteiger partial charge in [-0.3, -0.25) is 9.69 Å². The van der Waals surface area contributed by atoms with E-state index in [1.54, 1.807) is 19.2 Å². The largest absolute Gasteiger partial charge is 0.369 e. The first-order chi connectivity index (χ1) is 11.1. The molecule has 1 aromatic rings. The number of nitrogens with zero attached hydrogens (tertiary/aromatic N) is 2. The topological polar surface area (TPSA) is 35.6 Å². The number of hydrogen-bond acceptors (Lipinski definition) is 3. The van der Waals surface area contributed by atoms with Gasteiger partial charge in [-0.15, -0.1) is 0 Å². The van der Waals surface area contributed by atoms with Crippen molar-refractivity contribution in [3.05, 3.63) is 29.6 Å². The van der Waals surface area contributed by atoms with Crippen LogP contribution >= 0.6 is 0 Å². The maximum absolute atomic E-state index is 14.3.